The fourth-order valence-corrected chi connectivity index (χ4v) is 3.32. The van der Waals surface area contributed by atoms with Crippen LogP contribution in [0.4, 0.5) is 0 Å². The summed E-state index contributed by atoms with van der Waals surface area (Å²) in [5.41, 5.74) is 0.976. The molecule has 0 radical (unpaired) electrons. The van der Waals surface area contributed by atoms with Gasteiger partial charge in [0.25, 0.3) is 0 Å². The van der Waals surface area contributed by atoms with Crippen LogP contribution in [0.15, 0.2) is 58.1 Å². The first-order valence-electron chi connectivity index (χ1n) is 8.36. The van der Waals surface area contributed by atoms with Gasteiger partial charge in [-0.3, -0.25) is 4.79 Å². The van der Waals surface area contributed by atoms with E-state index in [0.29, 0.717) is 22.5 Å². The lowest BCUT2D eigenvalue weighted by atomic mass is 10.1. The van der Waals surface area contributed by atoms with E-state index < -0.39 is 0 Å². The Morgan fingerprint density at radius 1 is 1.07 bits per heavy atom. The minimum atomic E-state index is 0.0900. The molecule has 2 aromatic heterocycles. The molecule has 0 spiro atoms. The summed E-state index contributed by atoms with van der Waals surface area (Å²) in [6.07, 6.45) is 0. The van der Waals surface area contributed by atoms with Crippen LogP contribution in [-0.2, 0) is 4.79 Å². The standard InChI is InChI=1S/C20H17N3O3S/c1-12(24)11-27-20-21-19(22-23-20)18-8-7-17(26-18)15-4-3-14-10-16(25-2)6-5-13(14)9-15/h3-10H,11H2,1-2H3,(H,21,22,23). The molecule has 0 saturated heterocycles. The third-order valence-corrected chi connectivity index (χ3v) is 5.06. The van der Waals surface area contributed by atoms with Gasteiger partial charge in [-0.15, -0.1) is 10.2 Å². The first-order valence-corrected chi connectivity index (χ1v) is 9.34. The number of fused-ring (bicyclic) bond motifs is 1. The van der Waals surface area contributed by atoms with Crippen LogP contribution in [0.2, 0.25) is 0 Å². The van der Waals surface area contributed by atoms with Gasteiger partial charge in [-0.25, -0.2) is 0 Å². The monoisotopic (exact) mass is 379 g/mol. The van der Waals surface area contributed by atoms with Crippen LogP contribution in [0.5, 0.6) is 5.75 Å². The molecule has 0 aliphatic heterocycles. The molecule has 0 bridgehead atoms. The van der Waals surface area contributed by atoms with Crippen LogP contribution in [-0.4, -0.2) is 33.8 Å². The molecule has 2 heterocycles. The molecule has 1 N–H and O–H groups in total. The van der Waals surface area contributed by atoms with E-state index >= 15 is 0 Å². The number of nitrogens with zero attached hydrogens (tertiary/aromatic N) is 2. The minimum absolute atomic E-state index is 0.0900. The molecule has 4 aromatic rings. The van der Waals surface area contributed by atoms with E-state index in [-0.39, 0.29) is 5.78 Å². The molecule has 0 saturated carbocycles. The van der Waals surface area contributed by atoms with Crippen LogP contribution >= 0.6 is 11.8 Å². The van der Waals surface area contributed by atoms with E-state index in [1.807, 2.05) is 42.5 Å². The summed E-state index contributed by atoms with van der Waals surface area (Å²) in [6.45, 7) is 1.54. The normalized spacial score (nSPS) is 11.0. The highest BCUT2D eigenvalue weighted by atomic mass is 32.2. The molecule has 27 heavy (non-hydrogen) atoms. The maximum Gasteiger partial charge on any atom is 0.197 e. The van der Waals surface area contributed by atoms with Gasteiger partial charge >= 0.3 is 0 Å². The number of Topliss-reactive ketones (excluding diaryl/α,β-unsaturated/α-hetero) is 1. The Kier molecular flexibility index (Phi) is 4.68. The number of hydrogen-bond donors (Lipinski definition) is 1. The Balaban J connectivity index is 1.59. The molecule has 0 amide bonds. The highest BCUT2D eigenvalue weighted by molar-refractivity contribution is 7.99. The molecule has 0 fully saturated rings. The number of rotatable bonds is 6. The SMILES string of the molecule is COc1ccc2cc(-c3ccc(-c4nnc(SCC(C)=O)[nH]4)o3)ccc2c1. The average Bonchev–Trinajstić information content (AvgIpc) is 3.35. The number of aromatic nitrogens is 3. The Labute approximate surface area is 159 Å². The number of carbonyl (C=O) groups is 1. The van der Waals surface area contributed by atoms with Gasteiger partial charge in [-0.1, -0.05) is 30.0 Å². The molecule has 0 aliphatic carbocycles. The third-order valence-electron chi connectivity index (χ3n) is 4.05. The highest BCUT2D eigenvalue weighted by Crippen LogP contribution is 2.30. The van der Waals surface area contributed by atoms with E-state index in [9.17, 15) is 4.79 Å². The first kappa shape index (κ1) is 17.4. The van der Waals surface area contributed by atoms with E-state index in [0.717, 1.165) is 27.8 Å². The molecule has 136 valence electrons. The van der Waals surface area contributed by atoms with Crippen molar-refractivity contribution in [1.82, 2.24) is 15.2 Å². The van der Waals surface area contributed by atoms with Crippen molar-refractivity contribution in [3.8, 4) is 28.7 Å². The maximum absolute atomic E-state index is 11.1. The topological polar surface area (TPSA) is 81.0 Å². The predicted molar refractivity (Wildman–Crippen MR) is 105 cm³/mol. The Morgan fingerprint density at radius 2 is 1.85 bits per heavy atom. The van der Waals surface area contributed by atoms with Gasteiger partial charge in [-0.05, 0) is 48.0 Å². The minimum Gasteiger partial charge on any atom is -0.497 e. The molecule has 0 unspecified atom stereocenters. The number of nitrogens with one attached hydrogen (secondary N) is 1. The number of ketones is 1. The van der Waals surface area contributed by atoms with Gasteiger partial charge < -0.3 is 14.1 Å². The summed E-state index contributed by atoms with van der Waals surface area (Å²) < 4.78 is 11.2. The van der Waals surface area contributed by atoms with Crippen molar-refractivity contribution in [3.05, 3.63) is 48.5 Å². The second-order valence-electron chi connectivity index (χ2n) is 6.06. The molecule has 0 aliphatic rings. The second-order valence-corrected chi connectivity index (χ2v) is 7.03. The van der Waals surface area contributed by atoms with Crippen molar-refractivity contribution in [1.29, 1.82) is 0 Å². The molecule has 0 atom stereocenters. The lowest BCUT2D eigenvalue weighted by molar-refractivity contribution is -0.114. The van der Waals surface area contributed by atoms with Gasteiger partial charge in [0.15, 0.2) is 16.7 Å². The summed E-state index contributed by atoms with van der Waals surface area (Å²) in [4.78, 5) is 14.1. The van der Waals surface area contributed by atoms with Gasteiger partial charge in [0.2, 0.25) is 0 Å². The van der Waals surface area contributed by atoms with E-state index in [2.05, 4.69) is 21.2 Å². The lowest BCUT2D eigenvalue weighted by Gasteiger charge is -2.04. The highest BCUT2D eigenvalue weighted by Gasteiger charge is 2.12. The summed E-state index contributed by atoms with van der Waals surface area (Å²) in [5, 5.41) is 10.9. The average molecular weight is 379 g/mol. The molecular formula is C20H17N3O3S. The number of benzene rings is 2. The Hall–Kier alpha value is -3.06. The number of methoxy groups -OCH3 is 1. The maximum atomic E-state index is 11.1. The molecule has 6 nitrogen and oxygen atoms in total. The van der Waals surface area contributed by atoms with Gasteiger partial charge in [-0.2, -0.15) is 0 Å². The summed E-state index contributed by atoms with van der Waals surface area (Å²) in [7, 11) is 1.66. The van der Waals surface area contributed by atoms with Crippen molar-refractivity contribution in [2.75, 3.05) is 12.9 Å². The van der Waals surface area contributed by atoms with Crippen molar-refractivity contribution >= 4 is 28.3 Å². The molecule has 7 heteroatoms. The number of hydrogen-bond acceptors (Lipinski definition) is 6. The van der Waals surface area contributed by atoms with E-state index in [4.69, 9.17) is 9.15 Å². The number of thioether (sulfide) groups is 1. The van der Waals surface area contributed by atoms with Crippen molar-refractivity contribution in [3.63, 3.8) is 0 Å². The van der Waals surface area contributed by atoms with E-state index in [1.54, 1.807) is 14.0 Å². The quantitative estimate of drug-likeness (QED) is 0.494. The van der Waals surface area contributed by atoms with Crippen LogP contribution in [0, 0.1) is 0 Å². The summed E-state index contributed by atoms with van der Waals surface area (Å²) >= 11 is 1.32. The third kappa shape index (κ3) is 3.73. The van der Waals surface area contributed by atoms with Crippen molar-refractivity contribution < 1.29 is 13.9 Å². The fraction of sp³-hybridized carbons (Fsp3) is 0.150. The fourth-order valence-electron chi connectivity index (χ4n) is 2.72. The number of furan rings is 1. The zero-order valence-electron chi connectivity index (χ0n) is 14.9. The smallest absolute Gasteiger partial charge is 0.197 e. The van der Waals surface area contributed by atoms with Crippen LogP contribution in [0.1, 0.15) is 6.92 Å². The number of ether oxygens (including phenoxy) is 1. The number of aromatic amines is 1. The zero-order valence-corrected chi connectivity index (χ0v) is 15.7. The summed E-state index contributed by atoms with van der Waals surface area (Å²) in [6, 6.07) is 15.9. The second kappa shape index (κ2) is 7.28. The zero-order chi connectivity index (χ0) is 18.8. The van der Waals surface area contributed by atoms with Crippen LogP contribution in [0.25, 0.3) is 33.7 Å². The van der Waals surface area contributed by atoms with E-state index in [1.165, 1.54) is 11.8 Å². The van der Waals surface area contributed by atoms with Crippen LogP contribution in [0.3, 0.4) is 0 Å². The molecule has 2 aromatic carbocycles. The Morgan fingerprint density at radius 3 is 2.67 bits per heavy atom. The molecular weight excluding hydrogens is 362 g/mol. The summed E-state index contributed by atoms with van der Waals surface area (Å²) in [5.74, 6) is 3.17. The lowest BCUT2D eigenvalue weighted by Crippen LogP contribution is -1.93. The molecule has 4 rings (SSSR count). The van der Waals surface area contributed by atoms with Crippen molar-refractivity contribution in [2.45, 2.75) is 12.1 Å². The largest absolute Gasteiger partial charge is 0.497 e. The van der Waals surface area contributed by atoms with Gasteiger partial charge in [0.05, 0.1) is 12.9 Å². The van der Waals surface area contributed by atoms with Gasteiger partial charge in [0, 0.05) is 5.56 Å². The van der Waals surface area contributed by atoms with Crippen molar-refractivity contribution in [2.24, 2.45) is 0 Å². The van der Waals surface area contributed by atoms with Gasteiger partial charge in [0.1, 0.15) is 17.3 Å². The Bertz CT molecular complexity index is 1120. The predicted octanol–water partition coefficient (Wildman–Crippen LogP) is 4.57. The van der Waals surface area contributed by atoms with Crippen LogP contribution < -0.4 is 4.74 Å². The first-order chi connectivity index (χ1) is 13.1. The number of H-pyrrole nitrogens is 1. The number of carbonyl (C=O) groups excluding carboxylic acids is 1.